The van der Waals surface area contributed by atoms with E-state index in [9.17, 15) is 19.5 Å². The van der Waals surface area contributed by atoms with Crippen molar-refractivity contribution in [1.82, 2.24) is 4.90 Å². The monoisotopic (exact) mass is 510 g/mol. The number of ether oxygens (including phenoxy) is 1. The van der Waals surface area contributed by atoms with Crippen molar-refractivity contribution in [2.24, 2.45) is 11.8 Å². The van der Waals surface area contributed by atoms with Crippen molar-refractivity contribution in [3.63, 3.8) is 0 Å². The lowest BCUT2D eigenvalue weighted by atomic mass is 9.74. The van der Waals surface area contributed by atoms with Crippen LogP contribution in [0.25, 0.3) is 0 Å². The molecule has 0 saturated carbocycles. The van der Waals surface area contributed by atoms with Crippen molar-refractivity contribution in [1.29, 1.82) is 0 Å². The molecule has 36 heavy (non-hydrogen) atoms. The minimum Gasteiger partial charge on any atom is -0.465 e. The standard InChI is InChI=1S/C28H34N2O5S/c1-18-10-8-11-19(2)22(18)29-15-9-13-28-20(21-26(34)35-17-7-4-12-27(21,3)36-28)24(32)30(14-5-6-16-31)23(28)25(29)33/h4,8-13,20-21,23,31H,5-7,14-17H2,1-3H3/t20-,21-,23?,27+,28-/m0/s1. The molecule has 0 bridgehead atoms. The van der Waals surface area contributed by atoms with E-state index in [4.69, 9.17) is 4.74 Å². The number of anilines is 1. The number of carbonyl (C=O) groups excluding carboxylic acids is 3. The quantitative estimate of drug-likeness (QED) is 0.372. The van der Waals surface area contributed by atoms with E-state index in [2.05, 4.69) is 0 Å². The topological polar surface area (TPSA) is 87.2 Å². The molecule has 192 valence electrons. The molecule has 0 aromatic heterocycles. The Kier molecular flexibility index (Phi) is 6.53. The van der Waals surface area contributed by atoms with Crippen molar-refractivity contribution in [3.8, 4) is 0 Å². The predicted molar refractivity (Wildman–Crippen MR) is 140 cm³/mol. The van der Waals surface area contributed by atoms with Gasteiger partial charge in [-0.15, -0.1) is 11.8 Å². The minimum atomic E-state index is -0.883. The van der Waals surface area contributed by atoms with Crippen molar-refractivity contribution < 1.29 is 24.2 Å². The number of thioether (sulfide) groups is 1. The molecule has 1 unspecified atom stereocenters. The van der Waals surface area contributed by atoms with Crippen LogP contribution in [-0.4, -0.2) is 69.6 Å². The molecule has 1 aromatic carbocycles. The SMILES string of the molecule is Cc1cccc(C)c1N1CC=C[C@]23S[C@]4(C)C=CCCOC(=O)[C@@H]4[C@H]2C(=O)N(CCCCO)C3C1=O. The zero-order valence-electron chi connectivity index (χ0n) is 21.1. The number of cyclic esters (lactones) is 1. The van der Waals surface area contributed by atoms with Crippen LogP contribution in [-0.2, 0) is 19.1 Å². The second-order valence-electron chi connectivity index (χ2n) is 10.4. The van der Waals surface area contributed by atoms with Crippen LogP contribution in [0, 0.1) is 25.7 Å². The molecule has 2 amide bonds. The first-order valence-electron chi connectivity index (χ1n) is 12.8. The molecule has 4 aliphatic rings. The van der Waals surface area contributed by atoms with Gasteiger partial charge in [0.25, 0.3) is 5.91 Å². The molecular formula is C28H34N2O5S. The van der Waals surface area contributed by atoms with E-state index in [0.717, 1.165) is 16.8 Å². The maximum absolute atomic E-state index is 14.5. The van der Waals surface area contributed by atoms with Gasteiger partial charge in [0, 0.05) is 30.1 Å². The number of aliphatic hydroxyl groups is 1. The van der Waals surface area contributed by atoms with Crippen LogP contribution >= 0.6 is 11.8 Å². The summed E-state index contributed by atoms with van der Waals surface area (Å²) in [4.78, 5) is 45.4. The van der Waals surface area contributed by atoms with Crippen molar-refractivity contribution in [3.05, 3.63) is 53.6 Å². The third-order valence-electron chi connectivity index (χ3n) is 8.04. The number of hydrogen-bond donors (Lipinski definition) is 1. The zero-order valence-corrected chi connectivity index (χ0v) is 21.9. The van der Waals surface area contributed by atoms with E-state index < -0.39 is 27.4 Å². The maximum atomic E-state index is 14.5. The van der Waals surface area contributed by atoms with Crippen LogP contribution in [0.4, 0.5) is 5.69 Å². The number of unbranched alkanes of at least 4 members (excludes halogenated alkanes) is 1. The van der Waals surface area contributed by atoms with Crippen LogP contribution in [0.15, 0.2) is 42.5 Å². The van der Waals surface area contributed by atoms with Crippen molar-refractivity contribution in [2.45, 2.75) is 55.6 Å². The fourth-order valence-electron chi connectivity index (χ4n) is 6.55. The van der Waals surface area contributed by atoms with Crippen LogP contribution in [0.3, 0.4) is 0 Å². The molecule has 5 atom stereocenters. The lowest BCUT2D eigenvalue weighted by Gasteiger charge is -2.37. The molecule has 5 rings (SSSR count). The van der Waals surface area contributed by atoms with Gasteiger partial charge in [-0.1, -0.05) is 42.5 Å². The fraction of sp³-hybridized carbons (Fsp3) is 0.536. The molecular weight excluding hydrogens is 476 g/mol. The number of likely N-dealkylation sites (tertiary alicyclic amines) is 1. The molecule has 8 heteroatoms. The molecule has 1 N–H and O–H groups in total. The van der Waals surface area contributed by atoms with E-state index >= 15 is 0 Å². The molecule has 7 nitrogen and oxygen atoms in total. The largest absolute Gasteiger partial charge is 0.465 e. The van der Waals surface area contributed by atoms with Gasteiger partial charge in [-0.05, 0) is 51.2 Å². The Balaban J connectivity index is 1.65. The molecule has 0 radical (unpaired) electrons. The van der Waals surface area contributed by atoms with Gasteiger partial charge in [0.05, 0.1) is 23.2 Å². The van der Waals surface area contributed by atoms with Gasteiger partial charge in [-0.25, -0.2) is 0 Å². The number of nitrogens with zero attached hydrogens (tertiary/aromatic N) is 2. The molecule has 1 aromatic rings. The second kappa shape index (κ2) is 9.38. The van der Waals surface area contributed by atoms with Gasteiger partial charge in [0.2, 0.25) is 5.91 Å². The van der Waals surface area contributed by atoms with E-state index in [1.54, 1.807) is 21.6 Å². The third kappa shape index (κ3) is 3.72. The highest BCUT2D eigenvalue weighted by molar-refractivity contribution is 8.02. The zero-order chi connectivity index (χ0) is 25.7. The highest BCUT2D eigenvalue weighted by atomic mass is 32.2. The summed E-state index contributed by atoms with van der Waals surface area (Å²) >= 11 is 1.56. The highest BCUT2D eigenvalue weighted by Crippen LogP contribution is 2.65. The molecule has 1 spiro atoms. The first-order chi connectivity index (χ1) is 17.2. The third-order valence-corrected chi connectivity index (χ3v) is 9.83. The molecule has 0 aliphatic carbocycles. The van der Waals surface area contributed by atoms with E-state index in [1.165, 1.54) is 0 Å². The van der Waals surface area contributed by atoms with Crippen LogP contribution in [0.1, 0.15) is 37.3 Å². The number of hydrogen-bond acceptors (Lipinski definition) is 6. The number of esters is 1. The Morgan fingerprint density at radius 3 is 2.53 bits per heavy atom. The van der Waals surface area contributed by atoms with Gasteiger partial charge in [-0.2, -0.15) is 0 Å². The van der Waals surface area contributed by atoms with Gasteiger partial charge < -0.3 is 19.6 Å². The summed E-state index contributed by atoms with van der Waals surface area (Å²) in [5.74, 6) is -2.04. The van der Waals surface area contributed by atoms with E-state index in [-0.39, 0.29) is 24.4 Å². The Bertz CT molecular complexity index is 1130. The number of fused-ring (bicyclic) bond motifs is 2. The average molecular weight is 511 g/mol. The molecule has 2 fully saturated rings. The first-order valence-corrected chi connectivity index (χ1v) is 13.6. The van der Waals surface area contributed by atoms with Crippen molar-refractivity contribution in [2.75, 3.05) is 31.2 Å². The normalized spacial score (nSPS) is 33.6. The van der Waals surface area contributed by atoms with Gasteiger partial charge in [-0.3, -0.25) is 14.4 Å². The molecule has 4 heterocycles. The highest BCUT2D eigenvalue weighted by Gasteiger charge is 2.73. The Morgan fingerprint density at radius 1 is 1.06 bits per heavy atom. The number of amides is 2. The van der Waals surface area contributed by atoms with Crippen molar-refractivity contribution >= 4 is 35.2 Å². The van der Waals surface area contributed by atoms with Gasteiger partial charge in [0.1, 0.15) is 6.04 Å². The summed E-state index contributed by atoms with van der Waals surface area (Å²) in [6.07, 6.45) is 9.84. The Hall–Kier alpha value is -2.58. The lowest BCUT2D eigenvalue weighted by molar-refractivity contribution is -0.154. The summed E-state index contributed by atoms with van der Waals surface area (Å²) in [5.41, 5.74) is 2.87. The van der Waals surface area contributed by atoms with Gasteiger partial charge in [0.15, 0.2) is 0 Å². The Labute approximate surface area is 216 Å². The fourth-order valence-corrected chi connectivity index (χ4v) is 8.71. The molecule has 4 aliphatic heterocycles. The van der Waals surface area contributed by atoms with Gasteiger partial charge >= 0.3 is 5.97 Å². The van der Waals surface area contributed by atoms with Crippen LogP contribution < -0.4 is 4.90 Å². The number of aliphatic hydroxyl groups excluding tert-OH is 1. The first kappa shape index (κ1) is 25.1. The predicted octanol–water partition coefficient (Wildman–Crippen LogP) is 3.17. The smallest absolute Gasteiger partial charge is 0.311 e. The van der Waals surface area contributed by atoms with Crippen LogP contribution in [0.2, 0.25) is 0 Å². The summed E-state index contributed by atoms with van der Waals surface area (Å²) in [5, 5.41) is 9.37. The number of rotatable bonds is 5. The second-order valence-corrected chi connectivity index (χ2v) is 12.2. The van der Waals surface area contributed by atoms with E-state index in [0.29, 0.717) is 39.0 Å². The summed E-state index contributed by atoms with van der Waals surface area (Å²) in [6, 6.07) is 5.22. The summed E-state index contributed by atoms with van der Waals surface area (Å²) in [6.45, 7) is 7.05. The molecule has 2 saturated heterocycles. The maximum Gasteiger partial charge on any atom is 0.311 e. The minimum absolute atomic E-state index is 0.0240. The number of benzene rings is 1. The summed E-state index contributed by atoms with van der Waals surface area (Å²) < 4.78 is 4.04. The lowest BCUT2D eigenvalue weighted by Crippen LogP contribution is -2.53. The summed E-state index contributed by atoms with van der Waals surface area (Å²) in [7, 11) is 0. The van der Waals surface area contributed by atoms with E-state index in [1.807, 2.05) is 63.3 Å². The average Bonchev–Trinajstić information content (AvgIpc) is 3.14. The number of aryl methyl sites for hydroxylation is 2. The van der Waals surface area contributed by atoms with Crippen LogP contribution in [0.5, 0.6) is 0 Å². The number of carbonyl (C=O) groups is 3. The number of para-hydroxylation sites is 1. The Morgan fingerprint density at radius 2 is 1.81 bits per heavy atom.